The van der Waals surface area contributed by atoms with Crippen LogP contribution in [0.1, 0.15) is 20.7 Å². The maximum absolute atomic E-state index is 12.5. The predicted octanol–water partition coefficient (Wildman–Crippen LogP) is -1.05. The molecule has 2 aromatic heterocycles. The Morgan fingerprint density at radius 1 is 0.767 bits per heavy atom. The molecule has 10 heteroatoms. The van der Waals surface area contributed by atoms with Gasteiger partial charge in [-0.25, -0.2) is 0 Å². The Morgan fingerprint density at radius 3 is 1.53 bits per heavy atom. The van der Waals surface area contributed by atoms with Gasteiger partial charge in [0.1, 0.15) is 0 Å². The summed E-state index contributed by atoms with van der Waals surface area (Å²) in [7, 11) is 0. The van der Waals surface area contributed by atoms with E-state index in [0.29, 0.717) is 32.9 Å². The van der Waals surface area contributed by atoms with Crippen molar-refractivity contribution in [1.29, 1.82) is 0 Å². The van der Waals surface area contributed by atoms with Gasteiger partial charge in [-0.15, -0.1) is 0 Å². The number of fused-ring (bicyclic) bond motifs is 3. The molecule has 1 aromatic carbocycles. The van der Waals surface area contributed by atoms with Crippen molar-refractivity contribution < 1.29 is 30.0 Å². The normalized spacial score (nSPS) is 13.2. The van der Waals surface area contributed by atoms with Crippen LogP contribution in [0.3, 0.4) is 0 Å². The Morgan fingerprint density at radius 2 is 1.17 bits per heavy atom. The predicted molar refractivity (Wildman–Crippen MR) is 108 cm³/mol. The lowest BCUT2D eigenvalue weighted by molar-refractivity contribution is 0.0800. The lowest BCUT2D eigenvalue weighted by Gasteiger charge is -2.13. The van der Waals surface area contributed by atoms with Gasteiger partial charge in [-0.1, -0.05) is 12.1 Å². The van der Waals surface area contributed by atoms with Crippen LogP contribution in [0, 0.1) is 0 Å². The molecule has 10 nitrogen and oxygen atoms in total. The van der Waals surface area contributed by atoms with Crippen molar-refractivity contribution in [2.24, 2.45) is 0 Å². The van der Waals surface area contributed by atoms with Gasteiger partial charge < -0.3 is 31.1 Å². The number of hydrogen-bond acceptors (Lipinski definition) is 8. The number of rotatable bonds is 8. The van der Waals surface area contributed by atoms with Crippen LogP contribution in [0.5, 0.6) is 0 Å². The largest absolute Gasteiger partial charge is 0.394 e. The molecule has 2 unspecified atom stereocenters. The van der Waals surface area contributed by atoms with E-state index in [1.165, 1.54) is 24.5 Å². The second kappa shape index (κ2) is 9.55. The summed E-state index contributed by atoms with van der Waals surface area (Å²) in [4.78, 5) is 33.6. The highest BCUT2D eigenvalue weighted by molar-refractivity contribution is 6.16. The van der Waals surface area contributed by atoms with E-state index in [2.05, 4.69) is 20.6 Å². The van der Waals surface area contributed by atoms with Crippen molar-refractivity contribution in [2.75, 3.05) is 26.3 Å². The number of pyridine rings is 2. The average molecular weight is 414 g/mol. The van der Waals surface area contributed by atoms with Gasteiger partial charge in [-0.3, -0.25) is 19.6 Å². The van der Waals surface area contributed by atoms with E-state index >= 15 is 0 Å². The molecule has 0 fully saturated rings. The summed E-state index contributed by atoms with van der Waals surface area (Å²) >= 11 is 0. The Balaban J connectivity index is 1.98. The second-order valence-electron chi connectivity index (χ2n) is 6.67. The Hall–Kier alpha value is -3.18. The lowest BCUT2D eigenvalue weighted by Crippen LogP contribution is -2.34. The zero-order valence-electron chi connectivity index (χ0n) is 15.9. The quantitative estimate of drug-likeness (QED) is 0.254. The fourth-order valence-electron chi connectivity index (χ4n) is 2.96. The smallest absolute Gasteiger partial charge is 0.252 e. The fraction of sp³-hybridized carbons (Fsp3) is 0.300. The first-order valence-electron chi connectivity index (χ1n) is 9.27. The van der Waals surface area contributed by atoms with E-state index in [9.17, 15) is 19.8 Å². The number of benzene rings is 1. The number of nitrogens with one attached hydrogen (secondary N) is 2. The van der Waals surface area contributed by atoms with Crippen LogP contribution in [0.4, 0.5) is 0 Å². The minimum Gasteiger partial charge on any atom is -0.394 e. The second-order valence-corrected chi connectivity index (χ2v) is 6.67. The number of carbonyl (C=O) groups excluding carboxylic acids is 2. The van der Waals surface area contributed by atoms with Gasteiger partial charge in [-0.05, 0) is 12.1 Å². The van der Waals surface area contributed by atoms with Crippen molar-refractivity contribution in [3.8, 4) is 0 Å². The van der Waals surface area contributed by atoms with Crippen LogP contribution >= 0.6 is 0 Å². The molecule has 0 bridgehead atoms. The first-order chi connectivity index (χ1) is 14.5. The van der Waals surface area contributed by atoms with Crippen LogP contribution < -0.4 is 10.6 Å². The zero-order valence-corrected chi connectivity index (χ0v) is 15.9. The van der Waals surface area contributed by atoms with Gasteiger partial charge in [-0.2, -0.15) is 0 Å². The maximum Gasteiger partial charge on any atom is 0.252 e. The summed E-state index contributed by atoms with van der Waals surface area (Å²) in [6, 6.07) is 6.37. The van der Waals surface area contributed by atoms with E-state index in [-0.39, 0.29) is 13.1 Å². The molecule has 0 saturated carbocycles. The summed E-state index contributed by atoms with van der Waals surface area (Å²) in [6.45, 7) is -1.14. The van der Waals surface area contributed by atoms with Gasteiger partial charge in [0.15, 0.2) is 0 Å². The first-order valence-corrected chi connectivity index (χ1v) is 9.27. The number of nitrogens with zero attached hydrogens (tertiary/aromatic N) is 2. The summed E-state index contributed by atoms with van der Waals surface area (Å²) in [5.74, 6) is -0.887. The topological polar surface area (TPSA) is 165 Å². The van der Waals surface area contributed by atoms with Crippen molar-refractivity contribution in [1.82, 2.24) is 20.6 Å². The molecule has 158 valence electrons. The molecule has 3 aromatic rings. The van der Waals surface area contributed by atoms with E-state index in [1.54, 1.807) is 12.1 Å². The average Bonchev–Trinajstić information content (AvgIpc) is 2.79. The summed E-state index contributed by atoms with van der Waals surface area (Å²) in [5.41, 5.74) is 1.48. The molecular weight excluding hydrogens is 392 g/mol. The monoisotopic (exact) mass is 414 g/mol. The van der Waals surface area contributed by atoms with Crippen LogP contribution in [0.2, 0.25) is 0 Å². The number of hydrogen-bond donors (Lipinski definition) is 6. The maximum atomic E-state index is 12.5. The Labute approximate surface area is 171 Å². The van der Waals surface area contributed by atoms with Crippen LogP contribution in [0.15, 0.2) is 36.7 Å². The molecule has 0 spiro atoms. The van der Waals surface area contributed by atoms with Crippen molar-refractivity contribution >= 4 is 33.6 Å². The highest BCUT2D eigenvalue weighted by Gasteiger charge is 2.17. The number of aliphatic hydroxyl groups excluding tert-OH is 4. The van der Waals surface area contributed by atoms with Crippen molar-refractivity contribution in [2.45, 2.75) is 12.2 Å². The van der Waals surface area contributed by atoms with Crippen LogP contribution in [-0.4, -0.2) is 80.7 Å². The third kappa shape index (κ3) is 4.52. The SMILES string of the molecule is O=C(NCC(O)CO)c1ccnc2c1ccc1c(C(=O)NCC(O)CO)ccnc12. The molecule has 2 atom stereocenters. The van der Waals surface area contributed by atoms with E-state index < -0.39 is 37.2 Å². The Bertz CT molecular complexity index is 989. The zero-order chi connectivity index (χ0) is 21.7. The highest BCUT2D eigenvalue weighted by atomic mass is 16.3. The molecule has 0 aliphatic rings. The molecule has 0 aliphatic heterocycles. The van der Waals surface area contributed by atoms with Gasteiger partial charge in [0.05, 0.1) is 47.6 Å². The first kappa shape index (κ1) is 21.5. The third-order valence-corrected chi connectivity index (χ3v) is 4.53. The van der Waals surface area contributed by atoms with Gasteiger partial charge >= 0.3 is 0 Å². The molecule has 30 heavy (non-hydrogen) atoms. The highest BCUT2D eigenvalue weighted by Crippen LogP contribution is 2.26. The number of carbonyl (C=O) groups is 2. The molecule has 3 rings (SSSR count). The van der Waals surface area contributed by atoms with Crippen molar-refractivity contribution in [3.63, 3.8) is 0 Å². The fourth-order valence-corrected chi connectivity index (χ4v) is 2.96. The van der Waals surface area contributed by atoms with E-state index in [4.69, 9.17) is 10.2 Å². The molecule has 0 aliphatic carbocycles. The number of aliphatic hydroxyl groups is 4. The Kier molecular flexibility index (Phi) is 6.85. The standard InChI is InChI=1S/C20H22N4O6/c25-9-11(27)7-23-19(29)15-3-5-21-17-13(15)1-2-14-16(4-6-22-18(14)17)20(30)24-8-12(28)10-26/h1-6,11-12,25-28H,7-10H2,(H,23,29)(H,24,30). The van der Waals surface area contributed by atoms with Crippen molar-refractivity contribution in [3.05, 3.63) is 47.8 Å². The summed E-state index contributed by atoms with van der Waals surface area (Å²) in [5, 5.41) is 42.8. The molecule has 0 saturated heterocycles. The third-order valence-electron chi connectivity index (χ3n) is 4.53. The number of amides is 2. The number of aromatic nitrogens is 2. The van der Waals surface area contributed by atoms with E-state index in [1.807, 2.05) is 0 Å². The molecular formula is C20H22N4O6. The molecule has 2 amide bonds. The van der Waals surface area contributed by atoms with Gasteiger partial charge in [0, 0.05) is 36.3 Å². The summed E-state index contributed by atoms with van der Waals surface area (Å²) in [6.07, 6.45) is 0.779. The minimum atomic E-state index is -1.06. The van der Waals surface area contributed by atoms with Gasteiger partial charge in [0.25, 0.3) is 11.8 Å². The van der Waals surface area contributed by atoms with Crippen LogP contribution in [0.25, 0.3) is 21.8 Å². The lowest BCUT2D eigenvalue weighted by atomic mass is 10.0. The molecule has 0 radical (unpaired) electrons. The summed E-state index contributed by atoms with van der Waals surface area (Å²) < 4.78 is 0. The minimum absolute atomic E-state index is 0.102. The molecule has 6 N–H and O–H groups in total. The molecule has 2 heterocycles. The van der Waals surface area contributed by atoms with Crippen LogP contribution in [-0.2, 0) is 0 Å². The van der Waals surface area contributed by atoms with Gasteiger partial charge in [0.2, 0.25) is 0 Å². The van der Waals surface area contributed by atoms with E-state index in [0.717, 1.165) is 0 Å².